The molecule has 0 aliphatic carbocycles. The zero-order valence-electron chi connectivity index (χ0n) is 26.8. The highest BCUT2D eigenvalue weighted by Crippen LogP contribution is 2.40. The average Bonchev–Trinajstić information content (AvgIpc) is 3.74. The van der Waals surface area contributed by atoms with E-state index < -0.39 is 17.7 Å². The van der Waals surface area contributed by atoms with Gasteiger partial charge >= 0.3 is 6.09 Å². The van der Waals surface area contributed by atoms with E-state index in [0.717, 1.165) is 47.8 Å². The molecule has 3 heterocycles. The number of methoxy groups -OCH3 is 1. The van der Waals surface area contributed by atoms with Crippen molar-refractivity contribution in [1.29, 1.82) is 0 Å². The number of carbonyl (C=O) groups excluding carboxylic acids is 2. The molecule has 0 saturated carbocycles. The van der Waals surface area contributed by atoms with Crippen LogP contribution < -0.4 is 15.1 Å². The minimum atomic E-state index is -0.662. The summed E-state index contributed by atoms with van der Waals surface area (Å²) >= 11 is 0. The zero-order valence-corrected chi connectivity index (χ0v) is 26.8. The van der Waals surface area contributed by atoms with Crippen LogP contribution in [-0.4, -0.2) is 66.7 Å². The number of ether oxygens (including phenoxy) is 1. The van der Waals surface area contributed by atoms with Crippen molar-refractivity contribution in [3.63, 3.8) is 0 Å². The van der Waals surface area contributed by atoms with Gasteiger partial charge in [-0.2, -0.15) is 0 Å². The van der Waals surface area contributed by atoms with Gasteiger partial charge in [-0.05, 0) is 66.6 Å². The summed E-state index contributed by atoms with van der Waals surface area (Å²) in [6.45, 7) is 4.26. The van der Waals surface area contributed by atoms with Crippen LogP contribution in [0.5, 0.6) is 0 Å². The molecular formula is C36H40F2N6O3. The molecule has 1 atom stereocenters. The van der Waals surface area contributed by atoms with Crippen LogP contribution in [0.1, 0.15) is 55.6 Å². The molecule has 47 heavy (non-hydrogen) atoms. The lowest BCUT2D eigenvalue weighted by atomic mass is 9.99. The molecule has 0 unspecified atom stereocenters. The van der Waals surface area contributed by atoms with Gasteiger partial charge in [0, 0.05) is 31.9 Å². The number of halogens is 2. The summed E-state index contributed by atoms with van der Waals surface area (Å²) < 4.78 is 35.8. The number of imidazole rings is 1. The molecule has 3 aromatic carbocycles. The minimum absolute atomic E-state index is 0.0232. The van der Waals surface area contributed by atoms with Gasteiger partial charge < -0.3 is 29.7 Å². The molecule has 2 aliphatic heterocycles. The second-order valence-corrected chi connectivity index (χ2v) is 12.0. The number of alkyl carbamates (subject to hydrolysis) is 1. The van der Waals surface area contributed by atoms with Crippen molar-refractivity contribution in [2.24, 2.45) is 0 Å². The fourth-order valence-corrected chi connectivity index (χ4v) is 6.66. The van der Waals surface area contributed by atoms with Crippen LogP contribution in [0, 0.1) is 11.6 Å². The van der Waals surface area contributed by atoms with Crippen molar-refractivity contribution in [2.45, 2.75) is 45.2 Å². The monoisotopic (exact) mass is 642 g/mol. The van der Waals surface area contributed by atoms with Gasteiger partial charge in [-0.1, -0.05) is 49.4 Å². The normalized spacial score (nSPS) is 16.3. The number of fused-ring (bicyclic) bond motifs is 1. The second kappa shape index (κ2) is 14.2. The van der Waals surface area contributed by atoms with Gasteiger partial charge in [-0.25, -0.2) is 18.6 Å². The molecule has 11 heteroatoms. The summed E-state index contributed by atoms with van der Waals surface area (Å²) in [4.78, 5) is 37.7. The number of nitrogens with one attached hydrogen (secondary N) is 2. The van der Waals surface area contributed by atoms with E-state index in [9.17, 15) is 9.59 Å². The molecule has 2 N–H and O–H groups in total. The fourth-order valence-electron chi connectivity index (χ4n) is 6.66. The van der Waals surface area contributed by atoms with Crippen molar-refractivity contribution in [1.82, 2.24) is 20.2 Å². The highest BCUT2D eigenvalue weighted by atomic mass is 19.1. The van der Waals surface area contributed by atoms with Crippen LogP contribution >= 0.6 is 0 Å². The second-order valence-electron chi connectivity index (χ2n) is 12.0. The quantitative estimate of drug-likeness (QED) is 0.203. The van der Waals surface area contributed by atoms with Gasteiger partial charge in [0.15, 0.2) is 11.6 Å². The van der Waals surface area contributed by atoms with E-state index >= 15 is 8.78 Å². The lowest BCUT2D eigenvalue weighted by molar-refractivity contribution is -0.130. The number of amides is 2. The Balaban J connectivity index is 1.17. The molecule has 0 spiro atoms. The molecule has 1 saturated heterocycles. The first-order valence-corrected chi connectivity index (χ1v) is 16.2. The number of hydrogen-bond donors (Lipinski definition) is 2. The Kier molecular flexibility index (Phi) is 9.70. The number of carbonyl (C=O) groups is 2. The Morgan fingerprint density at radius 3 is 2.57 bits per heavy atom. The van der Waals surface area contributed by atoms with E-state index in [4.69, 9.17) is 4.98 Å². The third-order valence-corrected chi connectivity index (χ3v) is 8.95. The van der Waals surface area contributed by atoms with Crippen molar-refractivity contribution in [3.8, 4) is 0 Å². The summed E-state index contributed by atoms with van der Waals surface area (Å²) in [5.41, 5.74) is 5.48. The van der Waals surface area contributed by atoms with Crippen LogP contribution in [0.25, 0.3) is 16.6 Å². The summed E-state index contributed by atoms with van der Waals surface area (Å²) in [6, 6.07) is 19.0. The maximum Gasteiger partial charge on any atom is 0.407 e. The lowest BCUT2D eigenvalue weighted by Gasteiger charge is -2.31. The van der Waals surface area contributed by atoms with Crippen molar-refractivity contribution < 1.29 is 23.1 Å². The van der Waals surface area contributed by atoms with E-state index in [-0.39, 0.29) is 30.7 Å². The number of H-pyrrole nitrogens is 1. The highest BCUT2D eigenvalue weighted by Gasteiger charge is 2.29. The first kappa shape index (κ1) is 32.0. The molecule has 6 rings (SSSR count). The lowest BCUT2D eigenvalue weighted by Crippen LogP contribution is -2.40. The SMILES string of the molecule is CCCN(Cc1nc2cc([C@H]3CCCN3c3cc(F)c(N4CC=C(c5ccccc5)CC4)c(F)c3)ccc2[nH]1)C(=O)CNC(=O)OC. The Labute approximate surface area is 273 Å². The summed E-state index contributed by atoms with van der Waals surface area (Å²) in [6.07, 6.45) is 4.60. The molecule has 246 valence electrons. The Hall–Kier alpha value is -4.93. The van der Waals surface area contributed by atoms with Gasteiger partial charge in [0.25, 0.3) is 0 Å². The number of aromatic nitrogens is 2. The number of nitrogens with zero attached hydrogens (tertiary/aromatic N) is 4. The van der Waals surface area contributed by atoms with Gasteiger partial charge in [-0.3, -0.25) is 4.79 Å². The van der Waals surface area contributed by atoms with Gasteiger partial charge in [0.05, 0.1) is 30.7 Å². The van der Waals surface area contributed by atoms with E-state index in [1.54, 1.807) is 9.80 Å². The largest absolute Gasteiger partial charge is 0.453 e. The molecule has 2 amide bonds. The number of benzene rings is 3. The Bertz CT molecular complexity index is 1750. The minimum Gasteiger partial charge on any atom is -0.453 e. The third kappa shape index (κ3) is 7.08. The number of anilines is 2. The third-order valence-electron chi connectivity index (χ3n) is 8.95. The Morgan fingerprint density at radius 1 is 1.09 bits per heavy atom. The molecule has 4 aromatic rings. The van der Waals surface area contributed by atoms with E-state index in [1.807, 2.05) is 43.3 Å². The van der Waals surface area contributed by atoms with Crippen LogP contribution in [0.4, 0.5) is 25.0 Å². The van der Waals surface area contributed by atoms with Gasteiger partial charge in [-0.15, -0.1) is 0 Å². The van der Waals surface area contributed by atoms with Gasteiger partial charge in [0.1, 0.15) is 18.1 Å². The highest BCUT2D eigenvalue weighted by molar-refractivity contribution is 5.82. The van der Waals surface area contributed by atoms with E-state index in [2.05, 4.69) is 38.1 Å². The molecule has 9 nitrogen and oxygen atoms in total. The summed E-state index contributed by atoms with van der Waals surface area (Å²) in [5, 5.41) is 2.43. The van der Waals surface area contributed by atoms with Crippen LogP contribution in [-0.2, 0) is 16.1 Å². The van der Waals surface area contributed by atoms with Crippen molar-refractivity contribution >= 4 is 40.0 Å². The molecule has 2 aliphatic rings. The standard InChI is InChI=1S/C36H40F2N6O3/c1-3-15-43(34(45)22-39-36(46)47-2)23-33-40-30-12-11-26(19-31(30)41-33)32-10-7-16-44(32)27-20-28(37)35(29(38)21-27)42-17-13-25(14-18-42)24-8-5-4-6-9-24/h4-6,8-9,11-13,19-21,32H,3,7,10,14-18,22-23H2,1-2H3,(H,39,46)(H,40,41)/t32-/m1/s1. The fraction of sp³-hybridized carbons (Fsp3) is 0.361. The van der Waals surface area contributed by atoms with Gasteiger partial charge in [0.2, 0.25) is 5.91 Å². The number of aromatic amines is 1. The maximum atomic E-state index is 15.6. The van der Waals surface area contributed by atoms with Crippen LogP contribution in [0.15, 0.2) is 66.7 Å². The van der Waals surface area contributed by atoms with Crippen molar-refractivity contribution in [2.75, 3.05) is 49.6 Å². The number of rotatable bonds is 10. The smallest absolute Gasteiger partial charge is 0.407 e. The molecule has 0 radical (unpaired) electrons. The van der Waals surface area contributed by atoms with E-state index in [0.29, 0.717) is 37.7 Å². The average molecular weight is 643 g/mol. The van der Waals surface area contributed by atoms with Crippen LogP contribution in [0.2, 0.25) is 0 Å². The maximum absolute atomic E-state index is 15.6. The first-order valence-electron chi connectivity index (χ1n) is 16.2. The zero-order chi connectivity index (χ0) is 32.9. The molecule has 0 bridgehead atoms. The summed E-state index contributed by atoms with van der Waals surface area (Å²) in [5.74, 6) is -0.715. The summed E-state index contributed by atoms with van der Waals surface area (Å²) in [7, 11) is 1.25. The molecular weight excluding hydrogens is 602 g/mol. The predicted octanol–water partition coefficient (Wildman–Crippen LogP) is 6.57. The topological polar surface area (TPSA) is 93.8 Å². The molecule has 1 fully saturated rings. The van der Waals surface area contributed by atoms with Crippen LogP contribution in [0.3, 0.4) is 0 Å². The van der Waals surface area contributed by atoms with E-state index in [1.165, 1.54) is 24.8 Å². The Morgan fingerprint density at radius 2 is 1.87 bits per heavy atom. The predicted molar refractivity (Wildman–Crippen MR) is 179 cm³/mol. The molecule has 1 aromatic heterocycles. The van der Waals surface area contributed by atoms with Crippen molar-refractivity contribution in [3.05, 3.63) is 95.3 Å². The number of hydrogen-bond acceptors (Lipinski definition) is 6. The first-order chi connectivity index (χ1) is 22.8.